The number of carbonyl (C=O) groups is 1. The van der Waals surface area contributed by atoms with Crippen molar-refractivity contribution in [3.05, 3.63) is 53.7 Å². The standard InChI is InChI=1S/C30H41N7O3/c1-19(2)40-28(38)20-17-32-29(34-27(20)37-18-30(3,4)21-11-9-10-12-24(21)37)33-23-15-22(31)25(16-26(23)39-8)36(7)14-13-35(5)6/h9-12,15-17,19H,13-14,18,31H2,1-8H3,(H,32,33,34). The fourth-order valence-corrected chi connectivity index (χ4v) is 4.87. The molecule has 10 heteroatoms. The van der Waals surface area contributed by atoms with E-state index < -0.39 is 5.97 Å². The molecule has 1 aliphatic heterocycles. The summed E-state index contributed by atoms with van der Waals surface area (Å²) in [7, 11) is 7.69. The number of nitrogens with two attached hydrogens (primary N) is 1. The summed E-state index contributed by atoms with van der Waals surface area (Å²) in [4.78, 5) is 28.7. The number of hydrogen-bond donors (Lipinski definition) is 2. The van der Waals surface area contributed by atoms with E-state index in [-0.39, 0.29) is 11.5 Å². The molecule has 0 saturated carbocycles. The van der Waals surface area contributed by atoms with E-state index in [1.165, 1.54) is 11.8 Å². The molecule has 10 nitrogen and oxygen atoms in total. The number of hydrogen-bond acceptors (Lipinski definition) is 10. The molecule has 1 aromatic heterocycles. The van der Waals surface area contributed by atoms with Crippen molar-refractivity contribution in [1.29, 1.82) is 0 Å². The Morgan fingerprint density at radius 1 is 1.18 bits per heavy atom. The van der Waals surface area contributed by atoms with E-state index in [9.17, 15) is 4.79 Å². The fraction of sp³-hybridized carbons (Fsp3) is 0.433. The summed E-state index contributed by atoms with van der Waals surface area (Å²) in [6.45, 7) is 10.3. The molecule has 3 N–H and O–H groups in total. The zero-order valence-electron chi connectivity index (χ0n) is 24.8. The van der Waals surface area contributed by atoms with Gasteiger partial charge in [-0.05, 0) is 45.6 Å². The highest BCUT2D eigenvalue weighted by Gasteiger charge is 2.38. The van der Waals surface area contributed by atoms with Gasteiger partial charge in [0.2, 0.25) is 5.95 Å². The lowest BCUT2D eigenvalue weighted by Gasteiger charge is -2.25. The Labute approximate surface area is 237 Å². The van der Waals surface area contributed by atoms with E-state index in [1.54, 1.807) is 7.11 Å². The molecule has 2 heterocycles. The van der Waals surface area contributed by atoms with Gasteiger partial charge < -0.3 is 35.2 Å². The number of esters is 1. The minimum atomic E-state index is -0.467. The molecular weight excluding hydrogens is 506 g/mol. The number of anilines is 6. The summed E-state index contributed by atoms with van der Waals surface area (Å²) in [5.41, 5.74) is 10.9. The first-order valence-corrected chi connectivity index (χ1v) is 13.5. The first-order chi connectivity index (χ1) is 18.9. The van der Waals surface area contributed by atoms with Gasteiger partial charge in [-0.15, -0.1) is 0 Å². The van der Waals surface area contributed by atoms with Crippen LogP contribution in [0.4, 0.5) is 34.5 Å². The number of nitrogens with zero attached hydrogens (tertiary/aromatic N) is 5. The summed E-state index contributed by atoms with van der Waals surface area (Å²) in [6, 6.07) is 11.9. The van der Waals surface area contributed by atoms with Crippen LogP contribution in [-0.2, 0) is 10.2 Å². The molecule has 0 aliphatic carbocycles. The second-order valence-electron chi connectivity index (χ2n) is 11.3. The van der Waals surface area contributed by atoms with Gasteiger partial charge in [-0.2, -0.15) is 4.98 Å². The Morgan fingerprint density at radius 2 is 1.90 bits per heavy atom. The Kier molecular flexibility index (Phi) is 8.39. The predicted molar refractivity (Wildman–Crippen MR) is 162 cm³/mol. The van der Waals surface area contributed by atoms with Crippen molar-refractivity contribution in [3.8, 4) is 5.75 Å². The van der Waals surface area contributed by atoms with Gasteiger partial charge in [0.25, 0.3) is 0 Å². The number of aromatic nitrogens is 2. The van der Waals surface area contributed by atoms with Gasteiger partial charge in [-0.1, -0.05) is 32.0 Å². The molecular formula is C30H41N7O3. The van der Waals surface area contributed by atoms with Gasteiger partial charge in [-0.25, -0.2) is 9.78 Å². The Hall–Kier alpha value is -4.05. The third-order valence-electron chi connectivity index (χ3n) is 6.95. The third-order valence-corrected chi connectivity index (χ3v) is 6.95. The molecule has 40 heavy (non-hydrogen) atoms. The Balaban J connectivity index is 1.73. The SMILES string of the molecule is COc1cc(N(C)CCN(C)C)c(N)cc1Nc1ncc(C(=O)OC(C)C)c(N2CC(C)(C)c3ccccc32)n1. The normalized spacial score (nSPS) is 13.9. The Morgan fingerprint density at radius 3 is 2.58 bits per heavy atom. The minimum absolute atomic E-state index is 0.138. The number of nitrogen functional groups attached to an aromatic ring is 1. The van der Waals surface area contributed by atoms with Crippen molar-refractivity contribution in [2.75, 3.05) is 68.7 Å². The van der Waals surface area contributed by atoms with Crippen molar-refractivity contribution in [3.63, 3.8) is 0 Å². The number of fused-ring (bicyclic) bond motifs is 1. The van der Waals surface area contributed by atoms with Crippen molar-refractivity contribution in [1.82, 2.24) is 14.9 Å². The van der Waals surface area contributed by atoms with Crippen LogP contribution in [0.3, 0.4) is 0 Å². The molecule has 0 amide bonds. The lowest BCUT2D eigenvalue weighted by molar-refractivity contribution is 0.0378. The van der Waals surface area contributed by atoms with Crippen molar-refractivity contribution in [2.45, 2.75) is 39.2 Å². The molecule has 3 aromatic rings. The molecule has 0 unspecified atom stereocenters. The number of rotatable bonds is 10. The topological polar surface area (TPSA) is 109 Å². The molecule has 1 aliphatic rings. The first-order valence-electron chi connectivity index (χ1n) is 13.5. The molecule has 2 aromatic carbocycles. The zero-order chi connectivity index (χ0) is 29.2. The van der Waals surface area contributed by atoms with Gasteiger partial charge in [0.15, 0.2) is 5.82 Å². The molecule has 4 rings (SSSR count). The monoisotopic (exact) mass is 547 g/mol. The van der Waals surface area contributed by atoms with Crippen LogP contribution in [0.5, 0.6) is 5.75 Å². The van der Waals surface area contributed by atoms with Crippen LogP contribution < -0.4 is 25.6 Å². The largest absolute Gasteiger partial charge is 0.494 e. The summed E-state index contributed by atoms with van der Waals surface area (Å²) < 4.78 is 11.3. The molecule has 0 radical (unpaired) electrons. The van der Waals surface area contributed by atoms with Crippen LogP contribution in [0.1, 0.15) is 43.6 Å². The van der Waals surface area contributed by atoms with E-state index in [1.807, 2.05) is 65.3 Å². The van der Waals surface area contributed by atoms with Gasteiger partial charge in [0, 0.05) is 50.0 Å². The summed E-state index contributed by atoms with van der Waals surface area (Å²) >= 11 is 0. The third kappa shape index (κ3) is 6.07. The van der Waals surface area contributed by atoms with E-state index >= 15 is 0 Å². The zero-order valence-corrected chi connectivity index (χ0v) is 24.8. The van der Waals surface area contributed by atoms with Crippen LogP contribution in [0, 0.1) is 0 Å². The molecule has 0 spiro atoms. The number of methoxy groups -OCH3 is 1. The molecule has 0 fully saturated rings. The Bertz CT molecular complexity index is 1370. The van der Waals surface area contributed by atoms with E-state index in [0.717, 1.165) is 24.5 Å². The average Bonchev–Trinajstić information content (AvgIpc) is 3.17. The average molecular weight is 548 g/mol. The summed E-state index contributed by atoms with van der Waals surface area (Å²) in [5.74, 6) is 0.922. The van der Waals surface area contributed by atoms with Crippen LogP contribution in [0.25, 0.3) is 0 Å². The number of para-hydroxylation sites is 1. The lowest BCUT2D eigenvalue weighted by atomic mass is 9.87. The van der Waals surface area contributed by atoms with Crippen molar-refractivity contribution >= 4 is 40.5 Å². The summed E-state index contributed by atoms with van der Waals surface area (Å²) in [5, 5.41) is 3.26. The van der Waals surface area contributed by atoms with Crippen LogP contribution in [-0.4, -0.2) is 74.8 Å². The molecule has 0 saturated heterocycles. The number of ether oxygens (including phenoxy) is 2. The number of nitrogens with one attached hydrogen (secondary N) is 1. The van der Waals surface area contributed by atoms with Crippen LogP contribution in [0.2, 0.25) is 0 Å². The number of benzene rings is 2. The second-order valence-corrected chi connectivity index (χ2v) is 11.3. The van der Waals surface area contributed by atoms with E-state index in [4.69, 9.17) is 20.2 Å². The quantitative estimate of drug-likeness (QED) is 0.271. The maximum absolute atomic E-state index is 13.1. The summed E-state index contributed by atoms with van der Waals surface area (Å²) in [6.07, 6.45) is 1.24. The van der Waals surface area contributed by atoms with Gasteiger partial charge >= 0.3 is 5.97 Å². The highest BCUT2D eigenvalue weighted by molar-refractivity contribution is 5.96. The fourth-order valence-electron chi connectivity index (χ4n) is 4.87. The van der Waals surface area contributed by atoms with Gasteiger partial charge in [0.1, 0.15) is 11.3 Å². The van der Waals surface area contributed by atoms with Crippen molar-refractivity contribution < 1.29 is 14.3 Å². The molecule has 0 bridgehead atoms. The van der Waals surface area contributed by atoms with Crippen LogP contribution in [0.15, 0.2) is 42.6 Å². The number of likely N-dealkylation sites (N-methyl/N-ethyl adjacent to an activating group) is 2. The van der Waals surface area contributed by atoms with Gasteiger partial charge in [-0.3, -0.25) is 0 Å². The smallest absolute Gasteiger partial charge is 0.343 e. The minimum Gasteiger partial charge on any atom is -0.494 e. The molecule has 214 valence electrons. The highest BCUT2D eigenvalue weighted by atomic mass is 16.5. The molecule has 0 atom stereocenters. The number of carbonyl (C=O) groups excluding carboxylic acids is 1. The first kappa shape index (κ1) is 28.9. The maximum atomic E-state index is 13.1. The highest BCUT2D eigenvalue weighted by Crippen LogP contribution is 2.45. The van der Waals surface area contributed by atoms with Crippen molar-refractivity contribution in [2.24, 2.45) is 0 Å². The van der Waals surface area contributed by atoms with Gasteiger partial charge in [0.05, 0.1) is 30.3 Å². The second kappa shape index (κ2) is 11.6. The maximum Gasteiger partial charge on any atom is 0.343 e. The van der Waals surface area contributed by atoms with Crippen LogP contribution >= 0.6 is 0 Å². The van der Waals surface area contributed by atoms with E-state index in [2.05, 4.69) is 44.9 Å². The lowest BCUT2D eigenvalue weighted by Crippen LogP contribution is -2.29. The van der Waals surface area contributed by atoms with E-state index in [0.29, 0.717) is 41.0 Å². The predicted octanol–water partition coefficient (Wildman–Crippen LogP) is 4.80.